The molecular weight excluding hydrogens is 474 g/mol. The molecule has 0 bridgehead atoms. The van der Waals surface area contributed by atoms with E-state index in [1.807, 2.05) is 67.8 Å². The second kappa shape index (κ2) is 14.2. The molecule has 1 aliphatic carbocycles. The number of benzene rings is 2. The SMILES string of the molecule is C=C/C(=C\C=C/C)N(c1ccccc1)c1ccc(C=CC=CC2C=CC=C(N(C)c3ccccc3)C=C2)cn1. The highest BCUT2D eigenvalue weighted by molar-refractivity contribution is 5.68. The van der Waals surface area contributed by atoms with Gasteiger partial charge in [0.1, 0.15) is 5.82 Å². The summed E-state index contributed by atoms with van der Waals surface area (Å²) in [7, 11) is 2.09. The quantitative estimate of drug-likeness (QED) is 0.254. The third-order valence-corrected chi connectivity index (χ3v) is 6.29. The van der Waals surface area contributed by atoms with Gasteiger partial charge in [-0.3, -0.25) is 4.90 Å². The summed E-state index contributed by atoms with van der Waals surface area (Å²) in [6, 6.07) is 24.7. The van der Waals surface area contributed by atoms with Crippen molar-refractivity contribution in [2.24, 2.45) is 5.92 Å². The maximum atomic E-state index is 4.77. The smallest absolute Gasteiger partial charge is 0.137 e. The maximum Gasteiger partial charge on any atom is 0.137 e. The minimum Gasteiger partial charge on any atom is -0.345 e. The van der Waals surface area contributed by atoms with Crippen molar-refractivity contribution >= 4 is 23.3 Å². The van der Waals surface area contributed by atoms with Gasteiger partial charge in [0.05, 0.1) is 0 Å². The number of hydrogen-bond acceptors (Lipinski definition) is 3. The first-order chi connectivity index (χ1) is 19.2. The van der Waals surface area contributed by atoms with E-state index in [4.69, 9.17) is 4.98 Å². The van der Waals surface area contributed by atoms with Crippen LogP contribution < -0.4 is 9.80 Å². The molecule has 1 aromatic heterocycles. The lowest BCUT2D eigenvalue weighted by Crippen LogP contribution is -2.16. The molecule has 4 rings (SSSR count). The van der Waals surface area contributed by atoms with E-state index in [0.29, 0.717) is 0 Å². The summed E-state index contributed by atoms with van der Waals surface area (Å²) in [6.07, 6.45) is 29.0. The summed E-state index contributed by atoms with van der Waals surface area (Å²) in [5.41, 5.74) is 5.34. The topological polar surface area (TPSA) is 19.4 Å². The molecule has 0 amide bonds. The minimum atomic E-state index is 0.230. The Morgan fingerprint density at radius 2 is 1.62 bits per heavy atom. The Morgan fingerprint density at radius 3 is 2.28 bits per heavy atom. The maximum absolute atomic E-state index is 4.77. The Bertz CT molecular complexity index is 1420. The molecule has 0 fully saturated rings. The first-order valence-corrected chi connectivity index (χ1v) is 13.2. The molecule has 0 spiro atoms. The summed E-state index contributed by atoms with van der Waals surface area (Å²) in [5.74, 6) is 1.07. The number of nitrogens with zero attached hydrogens (tertiary/aromatic N) is 3. The summed E-state index contributed by atoms with van der Waals surface area (Å²) in [4.78, 5) is 9.06. The van der Waals surface area contributed by atoms with Gasteiger partial charge < -0.3 is 4.90 Å². The Morgan fingerprint density at radius 1 is 0.872 bits per heavy atom. The lowest BCUT2D eigenvalue weighted by Gasteiger charge is -2.25. The summed E-state index contributed by atoms with van der Waals surface area (Å²) >= 11 is 0. The average Bonchev–Trinajstić information content (AvgIpc) is 3.24. The number of pyridine rings is 1. The van der Waals surface area contributed by atoms with Crippen LogP contribution in [0.3, 0.4) is 0 Å². The first kappa shape index (κ1) is 27.2. The van der Waals surface area contributed by atoms with Crippen LogP contribution in [0, 0.1) is 5.92 Å². The fourth-order valence-electron chi connectivity index (χ4n) is 4.17. The van der Waals surface area contributed by atoms with Crippen molar-refractivity contribution < 1.29 is 0 Å². The van der Waals surface area contributed by atoms with E-state index in [2.05, 4.69) is 121 Å². The molecule has 3 heteroatoms. The number of allylic oxidation sites excluding steroid dienone is 12. The third kappa shape index (κ3) is 7.56. The van der Waals surface area contributed by atoms with Crippen LogP contribution >= 0.6 is 0 Å². The molecule has 0 saturated heterocycles. The highest BCUT2D eigenvalue weighted by Gasteiger charge is 2.13. The summed E-state index contributed by atoms with van der Waals surface area (Å²) < 4.78 is 0. The van der Waals surface area contributed by atoms with Gasteiger partial charge in [0.2, 0.25) is 0 Å². The molecular formula is C36H35N3. The van der Waals surface area contributed by atoms with E-state index in [0.717, 1.165) is 28.5 Å². The number of para-hydroxylation sites is 2. The normalized spacial score (nSPS) is 15.6. The molecule has 1 aliphatic rings. The van der Waals surface area contributed by atoms with Crippen molar-refractivity contribution in [3.8, 4) is 0 Å². The van der Waals surface area contributed by atoms with Crippen LogP contribution in [0.4, 0.5) is 17.2 Å². The predicted octanol–water partition coefficient (Wildman–Crippen LogP) is 9.20. The zero-order chi connectivity index (χ0) is 27.3. The minimum absolute atomic E-state index is 0.230. The standard InChI is InChI=1S/C36H35N3/c1-4-6-19-32(5-2)39(35-22-11-8-12-23-35)36-28-26-31(29-37-36)17-14-13-16-30-18-15-24-34(27-25-30)38(3)33-20-9-7-10-21-33/h4-30H,2H2,1,3H3/b6-4-,16-13?,17-14?,32-19+. The van der Waals surface area contributed by atoms with Gasteiger partial charge in [-0.2, -0.15) is 0 Å². The third-order valence-electron chi connectivity index (χ3n) is 6.29. The van der Waals surface area contributed by atoms with Crippen LogP contribution in [-0.4, -0.2) is 12.0 Å². The molecule has 3 nitrogen and oxygen atoms in total. The molecule has 1 unspecified atom stereocenters. The van der Waals surface area contributed by atoms with Gasteiger partial charge in [-0.05, 0) is 73.2 Å². The van der Waals surface area contributed by atoms with Crippen molar-refractivity contribution in [3.63, 3.8) is 0 Å². The Labute approximate surface area is 233 Å². The van der Waals surface area contributed by atoms with Crippen LogP contribution in [-0.2, 0) is 0 Å². The molecule has 3 aromatic rings. The van der Waals surface area contributed by atoms with Crippen LogP contribution in [0.2, 0.25) is 0 Å². The number of likely N-dealkylation sites (N-methyl/N-ethyl adjacent to an activating group) is 1. The van der Waals surface area contributed by atoms with Gasteiger partial charge in [-0.15, -0.1) is 0 Å². The largest absolute Gasteiger partial charge is 0.345 e. The highest BCUT2D eigenvalue weighted by atomic mass is 15.2. The van der Waals surface area contributed by atoms with E-state index >= 15 is 0 Å². The van der Waals surface area contributed by atoms with Crippen molar-refractivity contribution in [2.75, 3.05) is 16.8 Å². The molecule has 0 N–H and O–H groups in total. The molecule has 0 aliphatic heterocycles. The van der Waals surface area contributed by atoms with Crippen LogP contribution in [0.5, 0.6) is 0 Å². The average molecular weight is 510 g/mol. The zero-order valence-electron chi connectivity index (χ0n) is 22.6. The molecule has 0 radical (unpaired) electrons. The van der Waals surface area contributed by atoms with Crippen molar-refractivity contribution in [3.05, 3.63) is 175 Å². The van der Waals surface area contributed by atoms with E-state index in [9.17, 15) is 0 Å². The Hall–Kier alpha value is -4.89. The van der Waals surface area contributed by atoms with Gasteiger partial charge in [-0.1, -0.05) is 97.7 Å². The van der Waals surface area contributed by atoms with E-state index in [1.54, 1.807) is 0 Å². The lowest BCUT2D eigenvalue weighted by molar-refractivity contribution is 1.06. The van der Waals surface area contributed by atoms with Gasteiger partial charge in [0.15, 0.2) is 0 Å². The van der Waals surface area contributed by atoms with E-state index in [1.165, 1.54) is 5.69 Å². The number of anilines is 3. The van der Waals surface area contributed by atoms with Crippen molar-refractivity contribution in [2.45, 2.75) is 6.92 Å². The highest BCUT2D eigenvalue weighted by Crippen LogP contribution is 2.29. The Kier molecular flexibility index (Phi) is 9.85. The second-order valence-corrected chi connectivity index (χ2v) is 8.99. The molecule has 1 heterocycles. The van der Waals surface area contributed by atoms with Crippen molar-refractivity contribution in [1.82, 2.24) is 4.98 Å². The summed E-state index contributed by atoms with van der Waals surface area (Å²) in [5, 5.41) is 0. The summed E-state index contributed by atoms with van der Waals surface area (Å²) in [6.45, 7) is 6.02. The predicted molar refractivity (Wildman–Crippen MR) is 169 cm³/mol. The van der Waals surface area contributed by atoms with Gasteiger partial charge in [-0.25, -0.2) is 4.98 Å². The second-order valence-electron chi connectivity index (χ2n) is 8.99. The lowest BCUT2D eigenvalue weighted by atomic mass is 10.1. The Balaban J connectivity index is 1.42. The number of rotatable bonds is 10. The number of hydrogen-bond donors (Lipinski definition) is 0. The van der Waals surface area contributed by atoms with Gasteiger partial charge >= 0.3 is 0 Å². The van der Waals surface area contributed by atoms with Gasteiger partial charge in [0, 0.05) is 41.9 Å². The fourth-order valence-corrected chi connectivity index (χ4v) is 4.17. The van der Waals surface area contributed by atoms with Crippen LogP contribution in [0.15, 0.2) is 170 Å². The zero-order valence-corrected chi connectivity index (χ0v) is 22.6. The fraction of sp³-hybridized carbons (Fsp3) is 0.0833. The van der Waals surface area contributed by atoms with Gasteiger partial charge in [0.25, 0.3) is 0 Å². The number of aromatic nitrogens is 1. The van der Waals surface area contributed by atoms with E-state index in [-0.39, 0.29) is 5.92 Å². The van der Waals surface area contributed by atoms with Crippen molar-refractivity contribution in [1.29, 1.82) is 0 Å². The molecule has 0 saturated carbocycles. The van der Waals surface area contributed by atoms with Crippen LogP contribution in [0.1, 0.15) is 12.5 Å². The molecule has 39 heavy (non-hydrogen) atoms. The monoisotopic (exact) mass is 509 g/mol. The van der Waals surface area contributed by atoms with Crippen LogP contribution in [0.25, 0.3) is 6.08 Å². The first-order valence-electron chi connectivity index (χ1n) is 13.2. The van der Waals surface area contributed by atoms with E-state index < -0.39 is 0 Å². The molecule has 2 aromatic carbocycles. The molecule has 1 atom stereocenters. The molecule has 194 valence electrons.